The first-order chi connectivity index (χ1) is 14.5. The number of thiazole rings is 1. The van der Waals surface area contributed by atoms with Crippen molar-refractivity contribution in [2.45, 2.75) is 32.9 Å². The minimum atomic E-state index is -0.247. The van der Waals surface area contributed by atoms with E-state index in [-0.39, 0.29) is 18.0 Å². The van der Waals surface area contributed by atoms with Gasteiger partial charge in [-0.2, -0.15) is 4.98 Å². The molecule has 4 rings (SSSR count). The molecule has 0 saturated carbocycles. The van der Waals surface area contributed by atoms with Gasteiger partial charge in [0.05, 0.1) is 7.11 Å². The highest BCUT2D eigenvalue weighted by Gasteiger charge is 2.21. The van der Waals surface area contributed by atoms with Crippen LogP contribution in [0.1, 0.15) is 25.3 Å². The number of anilines is 1. The van der Waals surface area contributed by atoms with Crippen LogP contribution in [0, 0.1) is 5.92 Å². The van der Waals surface area contributed by atoms with Gasteiger partial charge in [-0.05, 0) is 36.5 Å². The largest absolute Gasteiger partial charge is 0.497 e. The van der Waals surface area contributed by atoms with Crippen LogP contribution in [0.3, 0.4) is 0 Å². The normalized spacial score (nSPS) is 16.6. The summed E-state index contributed by atoms with van der Waals surface area (Å²) in [6, 6.07) is 7.46. The minimum absolute atomic E-state index is 0.0775. The number of carbonyl (C=O) groups excluding carboxylic acids is 1. The lowest BCUT2D eigenvalue weighted by atomic mass is 10.0. The topological polar surface area (TPSA) is 89.3 Å². The fourth-order valence-electron chi connectivity index (χ4n) is 3.60. The van der Waals surface area contributed by atoms with Gasteiger partial charge in [0.1, 0.15) is 23.3 Å². The molecule has 1 amide bonds. The fourth-order valence-corrected chi connectivity index (χ4v) is 4.60. The maximum atomic E-state index is 12.9. The number of ether oxygens (including phenoxy) is 1. The molecule has 9 heteroatoms. The van der Waals surface area contributed by atoms with Crippen molar-refractivity contribution in [3.05, 3.63) is 46.5 Å². The molecule has 2 aromatic heterocycles. The average molecular weight is 428 g/mol. The monoisotopic (exact) mass is 427 g/mol. The zero-order valence-corrected chi connectivity index (χ0v) is 17.9. The number of aromatic nitrogens is 3. The molecule has 30 heavy (non-hydrogen) atoms. The molecular weight excluding hydrogens is 402 g/mol. The van der Waals surface area contributed by atoms with Crippen LogP contribution in [0.4, 0.5) is 5.13 Å². The molecule has 3 heterocycles. The Morgan fingerprint density at radius 1 is 1.33 bits per heavy atom. The Hall–Kier alpha value is -2.94. The number of rotatable bonds is 6. The first kappa shape index (κ1) is 20.3. The standard InChI is InChI=1S/C21H25N5O3S/c1-14-4-3-9-25(11-14)21-24-19-18(30-21)20(28)26(13-23-19)12-17(27)22-10-15-5-7-16(29-2)8-6-15/h5-8,13-14H,3-4,9-12H2,1-2H3,(H,22,27)/t14-/m0/s1. The number of benzene rings is 1. The van der Waals surface area contributed by atoms with Crippen molar-refractivity contribution in [1.29, 1.82) is 0 Å². The van der Waals surface area contributed by atoms with Gasteiger partial charge in [0.15, 0.2) is 10.8 Å². The lowest BCUT2D eigenvalue weighted by Crippen LogP contribution is -2.34. The van der Waals surface area contributed by atoms with E-state index in [1.807, 2.05) is 24.3 Å². The van der Waals surface area contributed by atoms with Crippen molar-refractivity contribution in [3.63, 3.8) is 0 Å². The van der Waals surface area contributed by atoms with E-state index in [1.165, 1.54) is 28.7 Å². The molecule has 1 aliphatic rings. The molecule has 0 radical (unpaired) electrons. The molecule has 158 valence electrons. The summed E-state index contributed by atoms with van der Waals surface area (Å²) < 4.78 is 6.96. The highest BCUT2D eigenvalue weighted by atomic mass is 32.1. The molecule has 0 spiro atoms. The van der Waals surface area contributed by atoms with Gasteiger partial charge in [-0.1, -0.05) is 30.4 Å². The highest BCUT2D eigenvalue weighted by molar-refractivity contribution is 7.22. The zero-order chi connectivity index (χ0) is 21.1. The number of nitrogens with zero attached hydrogens (tertiary/aromatic N) is 4. The Kier molecular flexibility index (Phi) is 5.98. The molecule has 1 aliphatic heterocycles. The van der Waals surface area contributed by atoms with Crippen molar-refractivity contribution < 1.29 is 9.53 Å². The number of nitrogens with one attached hydrogen (secondary N) is 1. The Labute approximate surface area is 178 Å². The van der Waals surface area contributed by atoms with Crippen molar-refractivity contribution in [2.75, 3.05) is 25.1 Å². The predicted octanol–water partition coefficient (Wildman–Crippen LogP) is 2.41. The number of piperidine rings is 1. The summed E-state index contributed by atoms with van der Waals surface area (Å²) >= 11 is 1.36. The van der Waals surface area contributed by atoms with E-state index in [0.717, 1.165) is 36.0 Å². The molecule has 1 atom stereocenters. The van der Waals surface area contributed by atoms with Crippen LogP contribution in [-0.2, 0) is 17.9 Å². The molecule has 1 aromatic carbocycles. The maximum absolute atomic E-state index is 12.9. The average Bonchev–Trinajstić information content (AvgIpc) is 3.20. The Bertz CT molecular complexity index is 1090. The number of carbonyl (C=O) groups is 1. The summed E-state index contributed by atoms with van der Waals surface area (Å²) in [5.41, 5.74) is 1.18. The molecular formula is C21H25N5O3S. The van der Waals surface area contributed by atoms with Gasteiger partial charge in [-0.3, -0.25) is 14.2 Å². The summed E-state index contributed by atoms with van der Waals surface area (Å²) in [6.45, 7) is 4.43. The number of hydrogen-bond donors (Lipinski definition) is 1. The predicted molar refractivity (Wildman–Crippen MR) is 117 cm³/mol. The first-order valence-electron chi connectivity index (χ1n) is 10.0. The molecule has 3 aromatic rings. The first-order valence-corrected chi connectivity index (χ1v) is 10.9. The van der Waals surface area contributed by atoms with E-state index in [4.69, 9.17) is 4.74 Å². The van der Waals surface area contributed by atoms with E-state index in [9.17, 15) is 9.59 Å². The van der Waals surface area contributed by atoms with Gasteiger partial charge >= 0.3 is 0 Å². The lowest BCUT2D eigenvalue weighted by molar-refractivity contribution is -0.121. The quantitative estimate of drug-likeness (QED) is 0.650. The molecule has 1 saturated heterocycles. The second-order valence-electron chi connectivity index (χ2n) is 7.65. The Morgan fingerprint density at radius 3 is 2.87 bits per heavy atom. The van der Waals surface area contributed by atoms with Gasteiger partial charge in [0, 0.05) is 19.6 Å². The smallest absolute Gasteiger partial charge is 0.273 e. The van der Waals surface area contributed by atoms with Crippen LogP contribution in [0.2, 0.25) is 0 Å². The fraction of sp³-hybridized carbons (Fsp3) is 0.429. The third kappa shape index (κ3) is 4.46. The van der Waals surface area contributed by atoms with E-state index < -0.39 is 0 Å². The number of fused-ring (bicyclic) bond motifs is 1. The third-order valence-electron chi connectivity index (χ3n) is 5.26. The number of methoxy groups -OCH3 is 1. The maximum Gasteiger partial charge on any atom is 0.273 e. The molecule has 0 unspecified atom stereocenters. The molecule has 1 fully saturated rings. The van der Waals surface area contributed by atoms with Crippen LogP contribution in [0.15, 0.2) is 35.4 Å². The van der Waals surface area contributed by atoms with Crippen molar-refractivity contribution >= 4 is 32.7 Å². The van der Waals surface area contributed by atoms with E-state index in [2.05, 4.69) is 27.1 Å². The summed E-state index contributed by atoms with van der Waals surface area (Å²) in [5.74, 6) is 1.13. The summed E-state index contributed by atoms with van der Waals surface area (Å²) in [6.07, 6.45) is 3.75. The molecule has 0 bridgehead atoms. The van der Waals surface area contributed by atoms with Crippen LogP contribution in [-0.4, -0.2) is 40.6 Å². The lowest BCUT2D eigenvalue weighted by Gasteiger charge is -2.30. The van der Waals surface area contributed by atoms with Gasteiger partial charge < -0.3 is 15.0 Å². The van der Waals surface area contributed by atoms with Crippen LogP contribution in [0.5, 0.6) is 5.75 Å². The Morgan fingerprint density at radius 2 is 2.13 bits per heavy atom. The SMILES string of the molecule is COc1ccc(CNC(=O)Cn2cnc3nc(N4CCC[C@H](C)C4)sc3c2=O)cc1. The van der Waals surface area contributed by atoms with E-state index in [1.54, 1.807) is 7.11 Å². The van der Waals surface area contributed by atoms with Gasteiger partial charge in [0.25, 0.3) is 5.56 Å². The van der Waals surface area contributed by atoms with Crippen LogP contribution >= 0.6 is 11.3 Å². The summed E-state index contributed by atoms with van der Waals surface area (Å²) in [7, 11) is 1.61. The van der Waals surface area contributed by atoms with Crippen LogP contribution in [0.25, 0.3) is 10.3 Å². The zero-order valence-electron chi connectivity index (χ0n) is 17.1. The summed E-state index contributed by atoms with van der Waals surface area (Å²) in [4.78, 5) is 36.3. The Balaban J connectivity index is 1.44. The molecule has 8 nitrogen and oxygen atoms in total. The second kappa shape index (κ2) is 8.83. The van der Waals surface area contributed by atoms with Crippen molar-refractivity contribution in [3.8, 4) is 5.75 Å². The van der Waals surface area contributed by atoms with Crippen molar-refractivity contribution in [1.82, 2.24) is 19.9 Å². The number of hydrogen-bond acceptors (Lipinski definition) is 7. The second-order valence-corrected chi connectivity index (χ2v) is 8.62. The van der Waals surface area contributed by atoms with Gasteiger partial charge in [-0.15, -0.1) is 0 Å². The van der Waals surface area contributed by atoms with E-state index in [0.29, 0.717) is 22.8 Å². The highest BCUT2D eigenvalue weighted by Crippen LogP contribution is 2.29. The van der Waals surface area contributed by atoms with E-state index >= 15 is 0 Å². The summed E-state index contributed by atoms with van der Waals surface area (Å²) in [5, 5.41) is 3.67. The van der Waals surface area contributed by atoms with Gasteiger partial charge in [0.2, 0.25) is 5.91 Å². The minimum Gasteiger partial charge on any atom is -0.497 e. The molecule has 0 aliphatic carbocycles. The number of amides is 1. The third-order valence-corrected chi connectivity index (χ3v) is 6.36. The van der Waals surface area contributed by atoms with Gasteiger partial charge in [-0.25, -0.2) is 4.98 Å². The van der Waals surface area contributed by atoms with Crippen LogP contribution < -0.4 is 20.5 Å². The van der Waals surface area contributed by atoms with Crippen molar-refractivity contribution in [2.24, 2.45) is 5.92 Å². The molecule has 1 N–H and O–H groups in total.